The van der Waals surface area contributed by atoms with Crippen LogP contribution in [0, 0.1) is 6.92 Å². The predicted octanol–water partition coefficient (Wildman–Crippen LogP) is 4.47. The van der Waals surface area contributed by atoms with Gasteiger partial charge in [0.15, 0.2) is 0 Å². The fraction of sp³-hybridized carbons (Fsp3) is 0.364. The first-order valence-corrected chi connectivity index (χ1v) is 10.9. The first kappa shape index (κ1) is 19.3. The van der Waals surface area contributed by atoms with Gasteiger partial charge in [0, 0.05) is 41.5 Å². The summed E-state index contributed by atoms with van der Waals surface area (Å²) in [6.07, 6.45) is 1.60. The zero-order valence-corrected chi connectivity index (χ0v) is 17.4. The lowest BCUT2D eigenvalue weighted by molar-refractivity contribution is 0.0497. The van der Waals surface area contributed by atoms with Crippen LogP contribution >= 0.6 is 23.4 Å². The number of likely N-dealkylation sites (tertiary alicyclic amines) is 1. The summed E-state index contributed by atoms with van der Waals surface area (Å²) in [5.74, 6) is 1.09. The smallest absolute Gasteiger partial charge is 0.255 e. The van der Waals surface area contributed by atoms with Gasteiger partial charge in [0.1, 0.15) is 0 Å². The zero-order chi connectivity index (χ0) is 19.7. The molecule has 2 fully saturated rings. The van der Waals surface area contributed by atoms with E-state index in [1.165, 1.54) is 0 Å². The van der Waals surface area contributed by atoms with Crippen molar-refractivity contribution in [1.29, 1.82) is 0 Å². The first-order chi connectivity index (χ1) is 13.5. The molecule has 2 amide bonds. The van der Waals surface area contributed by atoms with Gasteiger partial charge in [0.25, 0.3) is 11.8 Å². The molecule has 0 atom stereocenters. The highest BCUT2D eigenvalue weighted by molar-refractivity contribution is 8.00. The molecule has 146 valence electrons. The lowest BCUT2D eigenvalue weighted by Gasteiger charge is -2.44. The van der Waals surface area contributed by atoms with Crippen LogP contribution in [-0.4, -0.2) is 51.9 Å². The molecule has 0 aromatic heterocycles. The van der Waals surface area contributed by atoms with Crippen LogP contribution in [0.5, 0.6) is 0 Å². The molecule has 0 aliphatic carbocycles. The molecule has 4 nitrogen and oxygen atoms in total. The topological polar surface area (TPSA) is 40.6 Å². The second kappa shape index (κ2) is 7.80. The average Bonchev–Trinajstić information content (AvgIpc) is 3.11. The van der Waals surface area contributed by atoms with E-state index < -0.39 is 0 Å². The Hall–Kier alpha value is -1.98. The zero-order valence-electron chi connectivity index (χ0n) is 15.9. The molecule has 2 saturated heterocycles. The summed E-state index contributed by atoms with van der Waals surface area (Å²) in [5.41, 5.74) is 2.45. The standard InChI is InChI=1S/C22H23ClN2O2S/c1-16-4-2-3-5-19(16)21(27)25-14-15-28-22(25)10-12-24(13-11-22)20(26)17-6-8-18(23)9-7-17/h2-9H,10-15H2,1H3. The van der Waals surface area contributed by atoms with E-state index in [0.29, 0.717) is 23.7 Å². The van der Waals surface area contributed by atoms with Gasteiger partial charge in [-0.3, -0.25) is 9.59 Å². The lowest BCUT2D eigenvalue weighted by atomic mass is 9.99. The van der Waals surface area contributed by atoms with E-state index in [0.717, 1.165) is 36.3 Å². The molecule has 2 aliphatic heterocycles. The Morgan fingerprint density at radius 1 is 0.964 bits per heavy atom. The average molecular weight is 415 g/mol. The lowest BCUT2D eigenvalue weighted by Crippen LogP contribution is -2.53. The minimum atomic E-state index is -0.198. The highest BCUT2D eigenvalue weighted by Gasteiger charge is 2.47. The third-order valence-corrected chi connectivity index (χ3v) is 7.53. The molecule has 6 heteroatoms. The summed E-state index contributed by atoms with van der Waals surface area (Å²) in [4.78, 5) is 29.8. The van der Waals surface area contributed by atoms with Crippen LogP contribution in [0.3, 0.4) is 0 Å². The molecular weight excluding hydrogens is 392 g/mol. The molecule has 0 radical (unpaired) electrons. The van der Waals surface area contributed by atoms with Gasteiger partial charge in [0.05, 0.1) is 4.87 Å². The summed E-state index contributed by atoms with van der Waals surface area (Å²) in [5, 5.41) is 0.627. The van der Waals surface area contributed by atoms with Gasteiger partial charge in [-0.25, -0.2) is 0 Å². The van der Waals surface area contributed by atoms with Crippen molar-refractivity contribution < 1.29 is 9.59 Å². The first-order valence-electron chi connectivity index (χ1n) is 9.57. The molecule has 0 N–H and O–H groups in total. The summed E-state index contributed by atoms with van der Waals surface area (Å²) >= 11 is 7.79. The molecule has 4 rings (SSSR count). The monoisotopic (exact) mass is 414 g/mol. The number of thioether (sulfide) groups is 1. The number of piperidine rings is 1. The normalized spacial score (nSPS) is 18.5. The highest BCUT2D eigenvalue weighted by Crippen LogP contribution is 2.44. The molecule has 1 spiro atoms. The van der Waals surface area contributed by atoms with Crippen LogP contribution in [0.15, 0.2) is 48.5 Å². The SMILES string of the molecule is Cc1ccccc1C(=O)N1CCSC12CCN(C(=O)c1ccc(Cl)cc1)CC2. The van der Waals surface area contributed by atoms with Crippen molar-refractivity contribution in [2.45, 2.75) is 24.6 Å². The summed E-state index contributed by atoms with van der Waals surface area (Å²) in [6.45, 7) is 4.07. The maximum Gasteiger partial charge on any atom is 0.255 e. The van der Waals surface area contributed by atoms with Crippen LogP contribution in [0.2, 0.25) is 5.02 Å². The Kier molecular flexibility index (Phi) is 5.39. The van der Waals surface area contributed by atoms with E-state index in [1.54, 1.807) is 24.3 Å². The Morgan fingerprint density at radius 3 is 2.32 bits per heavy atom. The Labute approximate surface area is 174 Å². The number of rotatable bonds is 2. The molecule has 0 bridgehead atoms. The molecule has 2 aromatic rings. The maximum atomic E-state index is 13.2. The van der Waals surface area contributed by atoms with Crippen molar-refractivity contribution in [2.75, 3.05) is 25.4 Å². The molecule has 28 heavy (non-hydrogen) atoms. The number of benzene rings is 2. The van der Waals surface area contributed by atoms with Gasteiger partial charge in [-0.05, 0) is 55.7 Å². The van der Waals surface area contributed by atoms with Crippen LogP contribution in [0.1, 0.15) is 39.1 Å². The van der Waals surface area contributed by atoms with Gasteiger partial charge in [-0.15, -0.1) is 11.8 Å². The largest absolute Gasteiger partial charge is 0.338 e. The summed E-state index contributed by atoms with van der Waals surface area (Å²) < 4.78 is 0. The second-order valence-electron chi connectivity index (χ2n) is 7.37. The van der Waals surface area contributed by atoms with Crippen molar-refractivity contribution in [1.82, 2.24) is 9.80 Å². The van der Waals surface area contributed by atoms with E-state index in [-0.39, 0.29) is 16.7 Å². The highest BCUT2D eigenvalue weighted by atomic mass is 35.5. The molecule has 2 aromatic carbocycles. The number of nitrogens with zero attached hydrogens (tertiary/aromatic N) is 2. The summed E-state index contributed by atoms with van der Waals surface area (Å²) in [7, 11) is 0. The van der Waals surface area contributed by atoms with Gasteiger partial charge < -0.3 is 9.80 Å². The van der Waals surface area contributed by atoms with E-state index in [1.807, 2.05) is 52.8 Å². The third-order valence-electron chi connectivity index (χ3n) is 5.72. The number of amides is 2. The van der Waals surface area contributed by atoms with E-state index >= 15 is 0 Å². The van der Waals surface area contributed by atoms with E-state index in [2.05, 4.69) is 0 Å². The number of hydrogen-bond donors (Lipinski definition) is 0. The van der Waals surface area contributed by atoms with Gasteiger partial charge in [-0.1, -0.05) is 29.8 Å². The molecule has 0 unspecified atom stereocenters. The van der Waals surface area contributed by atoms with Crippen molar-refractivity contribution in [3.05, 3.63) is 70.2 Å². The van der Waals surface area contributed by atoms with Crippen LogP contribution in [-0.2, 0) is 0 Å². The van der Waals surface area contributed by atoms with Crippen molar-refractivity contribution in [3.8, 4) is 0 Å². The number of carbonyl (C=O) groups excluding carboxylic acids is 2. The van der Waals surface area contributed by atoms with E-state index in [4.69, 9.17) is 11.6 Å². The van der Waals surface area contributed by atoms with E-state index in [9.17, 15) is 9.59 Å². The Bertz CT molecular complexity index is 892. The van der Waals surface area contributed by atoms with Crippen LogP contribution in [0.4, 0.5) is 0 Å². The molecule has 0 saturated carbocycles. The Balaban J connectivity index is 1.48. The number of hydrogen-bond acceptors (Lipinski definition) is 3. The second-order valence-corrected chi connectivity index (χ2v) is 9.26. The fourth-order valence-corrected chi connectivity index (χ4v) is 5.68. The molecule has 2 aliphatic rings. The van der Waals surface area contributed by atoms with Gasteiger partial charge in [0.2, 0.25) is 0 Å². The van der Waals surface area contributed by atoms with Crippen LogP contribution < -0.4 is 0 Å². The van der Waals surface area contributed by atoms with Crippen molar-refractivity contribution in [2.24, 2.45) is 0 Å². The maximum absolute atomic E-state index is 13.2. The van der Waals surface area contributed by atoms with Gasteiger partial charge >= 0.3 is 0 Å². The predicted molar refractivity (Wildman–Crippen MR) is 114 cm³/mol. The quantitative estimate of drug-likeness (QED) is 0.727. The minimum Gasteiger partial charge on any atom is -0.338 e. The van der Waals surface area contributed by atoms with Crippen LogP contribution in [0.25, 0.3) is 0 Å². The van der Waals surface area contributed by atoms with Crippen molar-refractivity contribution >= 4 is 35.2 Å². The summed E-state index contributed by atoms with van der Waals surface area (Å²) in [6, 6.07) is 14.8. The number of aryl methyl sites for hydroxylation is 1. The minimum absolute atomic E-state index is 0.0336. The van der Waals surface area contributed by atoms with Gasteiger partial charge in [-0.2, -0.15) is 0 Å². The van der Waals surface area contributed by atoms with Crippen molar-refractivity contribution in [3.63, 3.8) is 0 Å². The molecule has 2 heterocycles. The third kappa shape index (κ3) is 3.53. The number of halogens is 1. The molecular formula is C22H23ClN2O2S. The number of carbonyl (C=O) groups is 2. The fourth-order valence-electron chi connectivity index (χ4n) is 4.10. The Morgan fingerprint density at radius 2 is 1.64 bits per heavy atom.